The molecular weight excluding hydrogens is 1070 g/mol. The Morgan fingerprint density at radius 2 is 1.51 bits per heavy atom. The summed E-state index contributed by atoms with van der Waals surface area (Å²) in [5, 5.41) is 48.6. The lowest BCUT2D eigenvalue weighted by Crippen LogP contribution is -2.58. The number of carbonyl (C=O) groups is 9. The van der Waals surface area contributed by atoms with Crippen molar-refractivity contribution in [2.75, 3.05) is 43.0 Å². The lowest BCUT2D eigenvalue weighted by Gasteiger charge is -2.31. The van der Waals surface area contributed by atoms with Crippen LogP contribution in [0.25, 0.3) is 11.0 Å². The van der Waals surface area contributed by atoms with Gasteiger partial charge in [0.2, 0.25) is 41.4 Å². The summed E-state index contributed by atoms with van der Waals surface area (Å²) in [7, 11) is 3.43. The molecule has 74 heavy (non-hydrogen) atoms. The lowest BCUT2D eigenvalue weighted by molar-refractivity contribution is -0.148. The van der Waals surface area contributed by atoms with E-state index in [1.807, 2.05) is 5.32 Å². The molecule has 14 N–H and O–H groups in total. The first kappa shape index (κ1) is 60.1. The van der Waals surface area contributed by atoms with Gasteiger partial charge in [-0.3, -0.25) is 48.1 Å². The molecule has 11 atom stereocenters. The first-order valence-corrected chi connectivity index (χ1v) is 31.5. The number of H-pyrrole nitrogens is 1. The Bertz CT molecular complexity index is 2420. The van der Waals surface area contributed by atoms with Crippen molar-refractivity contribution in [1.82, 2.24) is 45.6 Å². The van der Waals surface area contributed by atoms with Crippen molar-refractivity contribution in [3.63, 3.8) is 0 Å². The second kappa shape index (κ2) is 29.5. The fraction of sp³-hybridized carbons (Fsp3) is 0.643. The minimum atomic E-state index is -1.92. The number of aliphatic hydroxyl groups is 1. The molecular formula is C42H64N11O16P3S2. The molecule has 0 aliphatic carbocycles. The Balaban J connectivity index is 1.10. The number of aromatic nitrogens is 3. The Kier molecular flexibility index (Phi) is 24.0. The molecule has 2 aromatic heterocycles. The van der Waals surface area contributed by atoms with Crippen LogP contribution in [0.1, 0.15) is 88.8 Å². The second-order valence-corrected chi connectivity index (χ2v) is 26.3. The number of likely N-dealkylation sites (tertiary alicyclic amines) is 2. The number of unbranched alkanes of at least 4 members (excludes halogenated alkanes) is 1. The first-order chi connectivity index (χ1) is 35.3. The largest absolute Gasteiger partial charge is 0.481 e. The number of aliphatic carboxylic acids is 3. The zero-order valence-corrected chi connectivity index (χ0v) is 44.8. The minimum Gasteiger partial charge on any atom is -0.481 e. The van der Waals surface area contributed by atoms with Gasteiger partial charge in [-0.25, -0.2) is 4.79 Å². The molecule has 0 bridgehead atoms. The topological polar surface area (TPSA) is 421 Å². The molecule has 3 aliphatic heterocycles. The number of rotatable bonds is 30. The van der Waals surface area contributed by atoms with Crippen LogP contribution < -0.4 is 38.3 Å². The third-order valence-corrected chi connectivity index (χ3v) is 19.8. The van der Waals surface area contributed by atoms with Crippen molar-refractivity contribution >= 4 is 117 Å². The fourth-order valence-corrected chi connectivity index (χ4v) is 14.3. The van der Waals surface area contributed by atoms with E-state index in [0.29, 0.717) is 84.7 Å². The number of ether oxygens (including phenoxy) is 1. The maximum atomic E-state index is 14.1. The fourth-order valence-electron chi connectivity index (χ4n) is 8.83. The summed E-state index contributed by atoms with van der Waals surface area (Å²) in [6.07, 6.45) is 1.23. The average Bonchev–Trinajstić information content (AvgIpc) is 4.17. The number of aliphatic hydroxyl groups excluding tert-OH is 1. The quantitative estimate of drug-likeness (QED) is 0.0256. The first-order valence-electron chi connectivity index (χ1n) is 23.8. The Morgan fingerprint density at radius 1 is 0.878 bits per heavy atom. The SMILES string of the molecule is NCCCCC(NC(=O)C1CCCN1C(=O)CCSSCCC(=O)NCc1cn(C2CC(O)C(CPPPO)O2)c2nc(N)[nH]c(=O)c12)C(=O)N1CCCC1C(=O)NC(CC(=O)O)C(=O)NC(CC(=O)O)C(=O)O. The number of anilines is 1. The molecule has 3 fully saturated rings. The number of nitrogens with one attached hydrogen (secondary N) is 5. The van der Waals surface area contributed by atoms with Crippen LogP contribution in [0.2, 0.25) is 0 Å². The van der Waals surface area contributed by atoms with Crippen molar-refractivity contribution in [2.24, 2.45) is 5.73 Å². The van der Waals surface area contributed by atoms with E-state index in [4.69, 9.17) is 21.3 Å². The van der Waals surface area contributed by atoms with Crippen molar-refractivity contribution in [3.05, 3.63) is 22.1 Å². The van der Waals surface area contributed by atoms with Crippen molar-refractivity contribution in [2.45, 2.75) is 132 Å². The molecule has 5 heterocycles. The number of nitrogens with two attached hydrogens (primary N) is 2. The van der Waals surface area contributed by atoms with Gasteiger partial charge in [-0.2, -0.15) is 4.98 Å². The number of amides is 6. The molecule has 2 aromatic rings. The smallest absolute Gasteiger partial charge is 0.326 e. The molecule has 6 amide bonds. The number of nitrogens with zero attached hydrogens (tertiary/aromatic N) is 4. The van der Waals surface area contributed by atoms with Crippen LogP contribution in [0.5, 0.6) is 0 Å². The van der Waals surface area contributed by atoms with E-state index in [1.165, 1.54) is 31.4 Å². The standard InChI is InChI=1S/C42H64N11O16P3S2/c43-10-2-1-5-22(40(65)52-12-4-7-26(52)38(63)47-23(15-32(57)58)36(61)48-24(41(66)67)16-33(59)60)46-37(62)25-6-3-11-51(25)30(56)9-14-74-73-13-8-29(55)45-18-21-19-53(35-34(21)39(64)50-42(44)49-35)31-17-27(54)28(69-31)20-70-72-71-68/h19,22-28,31,54,68,70-72H,1-18,20,43H2,(H,45,55)(H,46,62)(H,47,63)(H,48,61)(H,57,58)(H,59,60)(H,66,67)(H3,44,49,50,64). The number of carboxylic acid groups (broad SMARTS) is 3. The van der Waals surface area contributed by atoms with Gasteiger partial charge in [-0.05, 0) is 65.6 Å². The molecule has 0 saturated carbocycles. The Morgan fingerprint density at radius 3 is 2.16 bits per heavy atom. The van der Waals surface area contributed by atoms with E-state index >= 15 is 0 Å². The second-order valence-electron chi connectivity index (χ2n) is 17.6. The highest BCUT2D eigenvalue weighted by molar-refractivity contribution is 8.76. The molecule has 3 saturated heterocycles. The van der Waals surface area contributed by atoms with E-state index in [-0.39, 0.29) is 82.5 Å². The zero-order valence-electron chi connectivity index (χ0n) is 40.1. The highest BCUT2D eigenvalue weighted by Crippen LogP contribution is 2.51. The number of hydrogen-bond acceptors (Lipinski definition) is 18. The summed E-state index contributed by atoms with van der Waals surface area (Å²) in [6.45, 7) is 0.679. The van der Waals surface area contributed by atoms with E-state index in [9.17, 15) is 68.2 Å². The molecule has 3 aliphatic rings. The summed E-state index contributed by atoms with van der Waals surface area (Å²) >= 11 is 0. The van der Waals surface area contributed by atoms with Gasteiger partial charge in [0, 0.05) is 70.7 Å². The summed E-state index contributed by atoms with van der Waals surface area (Å²) < 4.78 is 7.77. The summed E-state index contributed by atoms with van der Waals surface area (Å²) in [6, 6.07) is -6.97. The van der Waals surface area contributed by atoms with Gasteiger partial charge < -0.3 is 77.2 Å². The molecule has 27 nitrogen and oxygen atoms in total. The predicted molar refractivity (Wildman–Crippen MR) is 278 cm³/mol. The van der Waals surface area contributed by atoms with E-state index in [2.05, 4.69) is 25.9 Å². The predicted octanol–water partition coefficient (Wildman–Crippen LogP) is -0.895. The van der Waals surface area contributed by atoms with Crippen LogP contribution >= 0.6 is 46.3 Å². The normalized spacial score (nSPS) is 21.2. The van der Waals surface area contributed by atoms with Crippen molar-refractivity contribution < 1.29 is 73.2 Å². The van der Waals surface area contributed by atoms with Gasteiger partial charge in [0.15, 0.2) is 5.65 Å². The van der Waals surface area contributed by atoms with Gasteiger partial charge in [0.25, 0.3) is 5.56 Å². The molecule has 11 unspecified atom stereocenters. The Labute approximate surface area is 436 Å². The lowest BCUT2D eigenvalue weighted by atomic mass is 10.1. The molecule has 0 spiro atoms. The average molecular weight is 1140 g/mol. The van der Waals surface area contributed by atoms with Gasteiger partial charge in [-0.1, -0.05) is 29.9 Å². The summed E-state index contributed by atoms with van der Waals surface area (Å²) in [5.74, 6) is -8.07. The van der Waals surface area contributed by atoms with E-state index in [0.717, 1.165) is 0 Å². The number of hydrogen-bond donors (Lipinski definition) is 12. The van der Waals surface area contributed by atoms with Gasteiger partial charge in [0.1, 0.15) is 36.4 Å². The number of carboxylic acids is 3. The van der Waals surface area contributed by atoms with Crippen LogP contribution in [-0.2, 0) is 54.4 Å². The summed E-state index contributed by atoms with van der Waals surface area (Å²) in [5.41, 5.74) is 11.8. The maximum Gasteiger partial charge on any atom is 0.326 e. The number of nitrogen functional groups attached to an aromatic ring is 1. The zero-order chi connectivity index (χ0) is 54.1. The number of fused-ring (bicyclic) bond motifs is 1. The van der Waals surface area contributed by atoms with E-state index < -0.39 is 109 Å². The molecule has 0 aromatic carbocycles. The van der Waals surface area contributed by atoms with Crippen LogP contribution in [-0.4, -0.2) is 183 Å². The highest BCUT2D eigenvalue weighted by atomic mass is 33.1. The number of aromatic amines is 1. The maximum absolute atomic E-state index is 14.1. The van der Waals surface area contributed by atoms with Gasteiger partial charge >= 0.3 is 17.9 Å². The van der Waals surface area contributed by atoms with Crippen LogP contribution in [0.15, 0.2) is 11.0 Å². The van der Waals surface area contributed by atoms with Crippen LogP contribution in [0.3, 0.4) is 0 Å². The summed E-state index contributed by atoms with van der Waals surface area (Å²) in [4.78, 5) is 147. The van der Waals surface area contributed by atoms with Crippen LogP contribution in [0.4, 0.5) is 5.95 Å². The van der Waals surface area contributed by atoms with Crippen molar-refractivity contribution in [3.8, 4) is 0 Å². The molecule has 0 radical (unpaired) electrons. The third-order valence-electron chi connectivity index (χ3n) is 12.4. The Hall–Kier alpha value is -4.72. The molecule has 32 heteroatoms. The monoisotopic (exact) mass is 1140 g/mol. The molecule has 410 valence electrons. The minimum absolute atomic E-state index is 0.00192. The van der Waals surface area contributed by atoms with Crippen LogP contribution in [0, 0.1) is 0 Å². The third kappa shape index (κ3) is 17.1. The van der Waals surface area contributed by atoms with Crippen molar-refractivity contribution in [1.29, 1.82) is 0 Å². The molecule has 5 rings (SSSR count). The van der Waals surface area contributed by atoms with Gasteiger partial charge in [0.05, 0.1) is 30.4 Å². The van der Waals surface area contributed by atoms with Gasteiger partial charge in [-0.15, -0.1) is 0 Å². The number of carbonyl (C=O) groups excluding carboxylic acids is 6. The van der Waals surface area contributed by atoms with E-state index in [1.54, 1.807) is 10.8 Å². The highest BCUT2D eigenvalue weighted by Gasteiger charge is 2.42.